The van der Waals surface area contributed by atoms with E-state index in [4.69, 9.17) is 0 Å². The van der Waals surface area contributed by atoms with Gasteiger partial charge in [-0.1, -0.05) is 127 Å². The summed E-state index contributed by atoms with van der Waals surface area (Å²) < 4.78 is 0. The SMILES string of the molecule is CCCCCCCCCc1ccccc1O.CCCCCCCCCc1ccccc1O.S. The van der Waals surface area contributed by atoms with Gasteiger partial charge in [-0.15, -0.1) is 0 Å². The topological polar surface area (TPSA) is 40.5 Å². The Labute approximate surface area is 211 Å². The molecule has 0 aliphatic heterocycles. The van der Waals surface area contributed by atoms with Crippen molar-refractivity contribution in [3.05, 3.63) is 59.7 Å². The van der Waals surface area contributed by atoms with Crippen molar-refractivity contribution in [2.75, 3.05) is 0 Å². The van der Waals surface area contributed by atoms with Crippen molar-refractivity contribution in [2.24, 2.45) is 0 Å². The number of hydrogen-bond acceptors (Lipinski definition) is 2. The van der Waals surface area contributed by atoms with E-state index in [-0.39, 0.29) is 13.5 Å². The largest absolute Gasteiger partial charge is 0.508 e. The minimum atomic E-state index is 0. The molecule has 0 aliphatic rings. The Hall–Kier alpha value is -1.61. The second-order valence-corrected chi connectivity index (χ2v) is 9.00. The Morgan fingerprint density at radius 2 is 0.758 bits per heavy atom. The second-order valence-electron chi connectivity index (χ2n) is 9.00. The number of hydrogen-bond donors (Lipinski definition) is 2. The summed E-state index contributed by atoms with van der Waals surface area (Å²) in [6.07, 6.45) is 20.6. The summed E-state index contributed by atoms with van der Waals surface area (Å²) >= 11 is 0. The number of benzene rings is 2. The first-order valence-corrected chi connectivity index (χ1v) is 13.2. The van der Waals surface area contributed by atoms with Crippen LogP contribution < -0.4 is 0 Å². The first kappa shape index (κ1) is 31.4. The van der Waals surface area contributed by atoms with Crippen LogP contribution in [0, 0.1) is 0 Å². The Bertz CT molecular complexity index is 627. The molecule has 2 aromatic rings. The van der Waals surface area contributed by atoms with Gasteiger partial charge in [-0.2, -0.15) is 13.5 Å². The summed E-state index contributed by atoms with van der Waals surface area (Å²) in [5, 5.41) is 19.2. The number of aromatic hydroxyl groups is 2. The monoisotopic (exact) mass is 474 g/mol. The molecule has 0 unspecified atom stereocenters. The average Bonchev–Trinajstić information content (AvgIpc) is 2.80. The summed E-state index contributed by atoms with van der Waals surface area (Å²) in [5.41, 5.74) is 2.19. The van der Waals surface area contributed by atoms with E-state index in [1.807, 2.05) is 36.4 Å². The number of aryl methyl sites for hydroxylation is 2. The van der Waals surface area contributed by atoms with Gasteiger partial charge in [0.1, 0.15) is 11.5 Å². The molecule has 33 heavy (non-hydrogen) atoms. The van der Waals surface area contributed by atoms with Gasteiger partial charge in [0.2, 0.25) is 0 Å². The highest BCUT2D eigenvalue weighted by Crippen LogP contribution is 2.20. The van der Waals surface area contributed by atoms with Gasteiger partial charge < -0.3 is 10.2 Å². The minimum absolute atomic E-state index is 0. The maximum Gasteiger partial charge on any atom is 0.118 e. The van der Waals surface area contributed by atoms with Crippen LogP contribution in [0.5, 0.6) is 11.5 Å². The molecule has 0 spiro atoms. The Balaban J connectivity index is 0.000000602. The summed E-state index contributed by atoms with van der Waals surface area (Å²) in [4.78, 5) is 0. The Morgan fingerprint density at radius 1 is 0.455 bits per heavy atom. The zero-order valence-corrected chi connectivity index (χ0v) is 22.3. The summed E-state index contributed by atoms with van der Waals surface area (Å²) in [5.74, 6) is 0.905. The standard InChI is InChI=1S/2C15H24O.H2S/c2*1-2-3-4-5-6-7-8-11-14-12-9-10-13-15(14)16;/h2*9-10,12-13,16H,2-8,11H2,1H3;1H2. The van der Waals surface area contributed by atoms with Crippen LogP contribution in [0.2, 0.25) is 0 Å². The van der Waals surface area contributed by atoms with Crippen LogP contribution in [0.3, 0.4) is 0 Å². The van der Waals surface area contributed by atoms with Gasteiger partial charge in [0.15, 0.2) is 0 Å². The molecule has 2 N–H and O–H groups in total. The van der Waals surface area contributed by atoms with Crippen LogP contribution in [-0.4, -0.2) is 10.2 Å². The van der Waals surface area contributed by atoms with Crippen LogP contribution in [0.15, 0.2) is 48.5 Å². The van der Waals surface area contributed by atoms with Crippen LogP contribution >= 0.6 is 13.5 Å². The van der Waals surface area contributed by atoms with E-state index in [0.717, 1.165) is 24.0 Å². The zero-order valence-electron chi connectivity index (χ0n) is 21.3. The molecule has 3 heteroatoms. The van der Waals surface area contributed by atoms with E-state index >= 15 is 0 Å². The Kier molecular flexibility index (Phi) is 21.1. The number of unbranched alkanes of at least 4 members (excludes halogenated alkanes) is 12. The molecule has 0 saturated heterocycles. The highest BCUT2D eigenvalue weighted by Gasteiger charge is 2.00. The molecular weight excluding hydrogens is 424 g/mol. The maximum atomic E-state index is 9.58. The van der Waals surface area contributed by atoms with Crippen LogP contribution in [0.1, 0.15) is 115 Å². The molecule has 0 aromatic heterocycles. The maximum absolute atomic E-state index is 9.58. The van der Waals surface area contributed by atoms with Crippen LogP contribution in [0.4, 0.5) is 0 Å². The molecule has 0 radical (unpaired) electrons. The van der Waals surface area contributed by atoms with Gasteiger partial charge in [0.25, 0.3) is 0 Å². The van der Waals surface area contributed by atoms with E-state index in [1.54, 1.807) is 12.1 Å². The molecule has 188 valence electrons. The molecular formula is C30H50O2S. The molecule has 0 saturated carbocycles. The predicted molar refractivity (Wildman–Crippen MR) is 150 cm³/mol. The fourth-order valence-corrected chi connectivity index (χ4v) is 3.99. The van der Waals surface area contributed by atoms with Gasteiger partial charge in [-0.05, 0) is 48.9 Å². The lowest BCUT2D eigenvalue weighted by atomic mass is 10.0. The van der Waals surface area contributed by atoms with Gasteiger partial charge in [0.05, 0.1) is 0 Å². The lowest BCUT2D eigenvalue weighted by Gasteiger charge is -2.04. The van der Waals surface area contributed by atoms with Crippen molar-refractivity contribution in [1.82, 2.24) is 0 Å². The lowest BCUT2D eigenvalue weighted by molar-refractivity contribution is 0.465. The van der Waals surface area contributed by atoms with Crippen molar-refractivity contribution >= 4 is 13.5 Å². The first-order valence-electron chi connectivity index (χ1n) is 13.2. The quantitative estimate of drug-likeness (QED) is 0.238. The van der Waals surface area contributed by atoms with Gasteiger partial charge in [-0.25, -0.2) is 0 Å². The molecule has 2 nitrogen and oxygen atoms in total. The lowest BCUT2D eigenvalue weighted by Crippen LogP contribution is -1.87. The van der Waals surface area contributed by atoms with E-state index in [0.29, 0.717) is 11.5 Å². The third-order valence-corrected chi connectivity index (χ3v) is 6.08. The minimum Gasteiger partial charge on any atom is -0.508 e. The van der Waals surface area contributed by atoms with E-state index in [9.17, 15) is 10.2 Å². The van der Waals surface area contributed by atoms with E-state index < -0.39 is 0 Å². The fourth-order valence-electron chi connectivity index (χ4n) is 3.99. The van der Waals surface area contributed by atoms with E-state index in [1.165, 1.54) is 89.9 Å². The van der Waals surface area contributed by atoms with E-state index in [2.05, 4.69) is 13.8 Å². The molecule has 0 atom stereocenters. The smallest absolute Gasteiger partial charge is 0.118 e. The van der Waals surface area contributed by atoms with Crippen molar-refractivity contribution < 1.29 is 10.2 Å². The normalized spacial score (nSPS) is 10.2. The summed E-state index contributed by atoms with van der Waals surface area (Å²) in [7, 11) is 0. The molecule has 2 aromatic carbocycles. The van der Waals surface area contributed by atoms with Crippen molar-refractivity contribution in [3.63, 3.8) is 0 Å². The molecule has 0 bridgehead atoms. The van der Waals surface area contributed by atoms with Gasteiger partial charge >= 0.3 is 0 Å². The predicted octanol–water partition coefficient (Wildman–Crippen LogP) is 9.48. The zero-order chi connectivity index (χ0) is 23.3. The third kappa shape index (κ3) is 16.6. The highest BCUT2D eigenvalue weighted by atomic mass is 32.1. The van der Waals surface area contributed by atoms with Gasteiger partial charge in [0, 0.05) is 0 Å². The molecule has 0 aliphatic carbocycles. The van der Waals surface area contributed by atoms with Crippen LogP contribution in [-0.2, 0) is 12.8 Å². The summed E-state index contributed by atoms with van der Waals surface area (Å²) in [6, 6.07) is 15.3. The number of phenolic OH excluding ortho intramolecular Hbond substituents is 2. The number of phenols is 2. The molecule has 2 rings (SSSR count). The number of para-hydroxylation sites is 2. The number of rotatable bonds is 16. The average molecular weight is 475 g/mol. The van der Waals surface area contributed by atoms with Crippen molar-refractivity contribution in [3.8, 4) is 11.5 Å². The Morgan fingerprint density at radius 3 is 1.09 bits per heavy atom. The second kappa shape index (κ2) is 22.2. The molecule has 0 fully saturated rings. The molecule has 0 heterocycles. The third-order valence-electron chi connectivity index (χ3n) is 6.08. The summed E-state index contributed by atoms with van der Waals surface area (Å²) in [6.45, 7) is 4.50. The van der Waals surface area contributed by atoms with Gasteiger partial charge in [-0.3, -0.25) is 0 Å². The van der Waals surface area contributed by atoms with Crippen LogP contribution in [0.25, 0.3) is 0 Å². The fraction of sp³-hybridized carbons (Fsp3) is 0.600. The van der Waals surface area contributed by atoms with Crippen molar-refractivity contribution in [2.45, 2.75) is 117 Å². The highest BCUT2D eigenvalue weighted by molar-refractivity contribution is 7.59. The van der Waals surface area contributed by atoms with Crippen molar-refractivity contribution in [1.29, 1.82) is 0 Å². The molecule has 0 amide bonds. The first-order chi connectivity index (χ1) is 15.7.